The van der Waals surface area contributed by atoms with Crippen molar-refractivity contribution in [3.63, 3.8) is 0 Å². The van der Waals surface area contributed by atoms with Crippen molar-refractivity contribution in [3.05, 3.63) is 94.8 Å². The minimum Gasteiger partial charge on any atom is -0.380 e. The van der Waals surface area contributed by atoms with Crippen molar-refractivity contribution in [1.29, 1.82) is 0 Å². The first-order valence-electron chi connectivity index (χ1n) is 13.6. The van der Waals surface area contributed by atoms with Crippen LogP contribution in [0.2, 0.25) is 0 Å². The summed E-state index contributed by atoms with van der Waals surface area (Å²) in [7, 11) is 0. The predicted octanol–water partition coefficient (Wildman–Crippen LogP) is 3.22. The lowest BCUT2D eigenvalue weighted by Gasteiger charge is -2.38. The number of nitrogens with zero attached hydrogens (tertiary/aromatic N) is 4. The second-order valence-electron chi connectivity index (χ2n) is 10.4. The van der Waals surface area contributed by atoms with Gasteiger partial charge >= 0.3 is 0 Å². The van der Waals surface area contributed by atoms with Crippen LogP contribution in [0.3, 0.4) is 0 Å². The number of carbonyl (C=O) groups excluding carboxylic acids is 2. The van der Waals surface area contributed by atoms with Crippen LogP contribution >= 0.6 is 11.3 Å². The number of aliphatic hydroxyl groups is 2. The first-order chi connectivity index (χ1) is 19.7. The molecule has 2 aromatic heterocycles. The van der Waals surface area contributed by atoms with Gasteiger partial charge in [-0.3, -0.25) is 9.59 Å². The van der Waals surface area contributed by atoms with Crippen LogP contribution < -0.4 is 10.6 Å². The van der Waals surface area contributed by atoms with Crippen molar-refractivity contribution < 1.29 is 19.8 Å². The highest BCUT2D eigenvalue weighted by Gasteiger charge is 2.40. The fourth-order valence-electron chi connectivity index (χ4n) is 5.02. The molecule has 0 fully saturated rings. The lowest BCUT2D eigenvalue weighted by atomic mass is 9.90. The number of hydrogen-bond acceptors (Lipinski definition) is 8. The van der Waals surface area contributed by atoms with Gasteiger partial charge in [-0.15, -0.1) is 11.3 Å². The predicted molar refractivity (Wildman–Crippen MR) is 157 cm³/mol. The molecule has 0 saturated carbocycles. The largest absolute Gasteiger partial charge is 0.380 e. The standard InChI is InChI=1S/C30H34N6O4S/c1-18(2)32-30-34-24(17-41-30)25-23-8-5-4-7-21(23)13-16-35(25)29(40)27(38)26(37)28(39)33-19(3)20-9-11-22(12-10-20)36-15-6-14-31-36/h4-12,14-15,17-19,25-27,37-38H,13,16H2,1-3H3,(H,32,34)(H,33,39)/t19-,25?,26-,27-/m1/s1. The van der Waals surface area contributed by atoms with Gasteiger partial charge in [0.1, 0.15) is 6.04 Å². The summed E-state index contributed by atoms with van der Waals surface area (Å²) in [6, 6.07) is 16.3. The summed E-state index contributed by atoms with van der Waals surface area (Å²) in [5, 5.41) is 34.5. The average molecular weight is 575 g/mol. The van der Waals surface area contributed by atoms with E-state index in [1.54, 1.807) is 17.8 Å². The molecular weight excluding hydrogens is 540 g/mol. The number of aromatic nitrogens is 3. The maximum Gasteiger partial charge on any atom is 0.255 e. The second-order valence-corrected chi connectivity index (χ2v) is 11.3. The zero-order valence-corrected chi connectivity index (χ0v) is 24.0. The van der Waals surface area contributed by atoms with Gasteiger partial charge in [0.2, 0.25) is 0 Å². The molecule has 41 heavy (non-hydrogen) atoms. The van der Waals surface area contributed by atoms with Crippen molar-refractivity contribution in [1.82, 2.24) is 25.0 Å². The van der Waals surface area contributed by atoms with Crippen LogP contribution in [0.5, 0.6) is 0 Å². The summed E-state index contributed by atoms with van der Waals surface area (Å²) < 4.78 is 1.72. The van der Waals surface area contributed by atoms with E-state index in [4.69, 9.17) is 4.98 Å². The molecule has 2 amide bonds. The third kappa shape index (κ3) is 6.17. The first-order valence-corrected chi connectivity index (χ1v) is 14.5. The van der Waals surface area contributed by atoms with Crippen LogP contribution in [0.4, 0.5) is 5.13 Å². The molecule has 4 aromatic rings. The van der Waals surface area contributed by atoms with E-state index >= 15 is 0 Å². The molecule has 0 radical (unpaired) electrons. The van der Waals surface area contributed by atoms with Gasteiger partial charge in [0.15, 0.2) is 17.3 Å². The zero-order valence-electron chi connectivity index (χ0n) is 23.1. The molecule has 3 heterocycles. The number of hydrogen-bond donors (Lipinski definition) is 4. The molecule has 214 valence electrons. The number of carbonyl (C=O) groups is 2. The smallest absolute Gasteiger partial charge is 0.255 e. The van der Waals surface area contributed by atoms with Crippen LogP contribution in [0.15, 0.2) is 72.4 Å². The van der Waals surface area contributed by atoms with E-state index in [-0.39, 0.29) is 6.04 Å². The first kappa shape index (κ1) is 28.5. The van der Waals surface area contributed by atoms with Gasteiger partial charge in [0, 0.05) is 30.4 Å². The third-order valence-electron chi connectivity index (χ3n) is 7.12. The number of anilines is 1. The van der Waals surface area contributed by atoms with Crippen molar-refractivity contribution in [2.75, 3.05) is 11.9 Å². The number of nitrogens with one attached hydrogen (secondary N) is 2. The van der Waals surface area contributed by atoms with Gasteiger partial charge < -0.3 is 25.7 Å². The molecule has 0 spiro atoms. The molecule has 1 aliphatic rings. The fourth-order valence-corrected chi connectivity index (χ4v) is 5.89. The highest BCUT2D eigenvalue weighted by Crippen LogP contribution is 2.37. The molecule has 0 aliphatic carbocycles. The number of amides is 2. The number of fused-ring (bicyclic) bond motifs is 1. The van der Waals surface area contributed by atoms with Crippen LogP contribution in [0, 0.1) is 0 Å². The van der Waals surface area contributed by atoms with Crippen LogP contribution in [0.1, 0.15) is 55.2 Å². The van der Waals surface area contributed by atoms with E-state index in [0.29, 0.717) is 18.7 Å². The van der Waals surface area contributed by atoms with E-state index in [0.717, 1.165) is 27.5 Å². The summed E-state index contributed by atoms with van der Waals surface area (Å²) in [5.41, 5.74) is 4.32. The summed E-state index contributed by atoms with van der Waals surface area (Å²) >= 11 is 1.44. The molecule has 0 bridgehead atoms. The Bertz CT molecular complexity index is 1490. The Labute approximate surface area is 242 Å². The van der Waals surface area contributed by atoms with Gasteiger partial charge in [0.05, 0.1) is 17.4 Å². The van der Waals surface area contributed by atoms with Crippen molar-refractivity contribution in [2.24, 2.45) is 0 Å². The fraction of sp³-hybridized carbons (Fsp3) is 0.333. The summed E-state index contributed by atoms with van der Waals surface area (Å²) in [6.07, 6.45) is 0.216. The highest BCUT2D eigenvalue weighted by atomic mass is 32.1. The SMILES string of the molecule is CC(C)Nc1nc(C2c3ccccc3CCN2C(=O)[C@H](O)[C@@H](O)C(=O)N[C@H](C)c2ccc(-n3cccn3)cc2)cs1. The topological polar surface area (TPSA) is 133 Å². The van der Waals surface area contributed by atoms with Crippen molar-refractivity contribution in [2.45, 2.75) is 57.5 Å². The van der Waals surface area contributed by atoms with Crippen LogP contribution in [-0.2, 0) is 16.0 Å². The Kier molecular flexibility index (Phi) is 8.48. The third-order valence-corrected chi connectivity index (χ3v) is 7.91. The Morgan fingerprint density at radius 1 is 1.02 bits per heavy atom. The Balaban J connectivity index is 1.30. The van der Waals surface area contributed by atoms with E-state index in [9.17, 15) is 19.8 Å². The number of rotatable bonds is 9. The quantitative estimate of drug-likeness (QED) is 0.241. The van der Waals surface area contributed by atoms with E-state index in [1.807, 2.05) is 80.0 Å². The molecule has 10 nitrogen and oxygen atoms in total. The van der Waals surface area contributed by atoms with Gasteiger partial charge in [-0.25, -0.2) is 9.67 Å². The zero-order chi connectivity index (χ0) is 29.1. The number of aliphatic hydroxyl groups excluding tert-OH is 2. The minimum absolute atomic E-state index is 0.192. The maximum absolute atomic E-state index is 13.6. The van der Waals surface area contributed by atoms with Crippen molar-refractivity contribution >= 4 is 28.3 Å². The minimum atomic E-state index is -1.94. The monoisotopic (exact) mass is 574 g/mol. The average Bonchev–Trinajstić information content (AvgIpc) is 3.68. The second kappa shape index (κ2) is 12.2. The highest BCUT2D eigenvalue weighted by molar-refractivity contribution is 7.13. The van der Waals surface area contributed by atoms with Crippen LogP contribution in [-0.4, -0.2) is 66.5 Å². The molecule has 2 aromatic carbocycles. The van der Waals surface area contributed by atoms with E-state index in [2.05, 4.69) is 15.7 Å². The Morgan fingerprint density at radius 3 is 2.49 bits per heavy atom. The molecule has 0 saturated heterocycles. The summed E-state index contributed by atoms with van der Waals surface area (Å²) in [5.74, 6) is -1.56. The van der Waals surface area contributed by atoms with E-state index in [1.165, 1.54) is 16.2 Å². The summed E-state index contributed by atoms with van der Waals surface area (Å²) in [4.78, 5) is 32.8. The molecule has 4 N–H and O–H groups in total. The van der Waals surface area contributed by atoms with Gasteiger partial charge in [-0.05, 0) is 62.1 Å². The van der Waals surface area contributed by atoms with Crippen molar-refractivity contribution in [3.8, 4) is 5.69 Å². The molecular formula is C30H34N6O4S. The maximum atomic E-state index is 13.6. The van der Waals surface area contributed by atoms with Gasteiger partial charge in [-0.1, -0.05) is 36.4 Å². The Hall–Kier alpha value is -4.06. The van der Waals surface area contributed by atoms with Crippen LogP contribution in [0.25, 0.3) is 5.69 Å². The van der Waals surface area contributed by atoms with Gasteiger partial charge in [0.25, 0.3) is 11.8 Å². The lowest BCUT2D eigenvalue weighted by Crippen LogP contribution is -2.53. The normalized spacial score (nSPS) is 17.0. The van der Waals surface area contributed by atoms with E-state index < -0.39 is 36.1 Å². The lowest BCUT2D eigenvalue weighted by molar-refractivity contribution is -0.155. The van der Waals surface area contributed by atoms with Gasteiger partial charge in [-0.2, -0.15) is 5.10 Å². The molecule has 1 aliphatic heterocycles. The Morgan fingerprint density at radius 2 is 1.78 bits per heavy atom. The summed E-state index contributed by atoms with van der Waals surface area (Å²) in [6.45, 7) is 6.12. The number of benzene rings is 2. The molecule has 5 rings (SSSR count). The molecule has 4 atom stereocenters. The molecule has 1 unspecified atom stereocenters. The number of thiazole rings is 1. The molecule has 11 heteroatoms.